The minimum atomic E-state index is -0.221. The fraction of sp³-hybridized carbons (Fsp3) is 0.696. The lowest BCUT2D eigenvalue weighted by atomic mass is 10.1. The maximum atomic E-state index is 12.5. The molecule has 0 N–H and O–H groups in total. The van der Waals surface area contributed by atoms with Crippen LogP contribution in [0.5, 0.6) is 11.5 Å². The van der Waals surface area contributed by atoms with Crippen LogP contribution in [0.3, 0.4) is 0 Å². The van der Waals surface area contributed by atoms with Gasteiger partial charge in [-0.3, -0.25) is 0 Å². The Labute approximate surface area is 173 Å². The van der Waals surface area contributed by atoms with Gasteiger partial charge in [-0.2, -0.15) is 0 Å². The molecule has 1 unspecified atom stereocenters. The molecule has 1 aromatic carbocycles. The van der Waals surface area contributed by atoms with Crippen LogP contribution in [0.1, 0.15) is 63.0 Å². The second kappa shape index (κ2) is 9.70. The van der Waals surface area contributed by atoms with E-state index in [1.807, 2.05) is 18.2 Å². The Morgan fingerprint density at radius 1 is 1.10 bits per heavy atom. The highest BCUT2D eigenvalue weighted by Gasteiger charge is 2.28. The number of rotatable bonds is 6. The molecule has 2 saturated carbocycles. The van der Waals surface area contributed by atoms with E-state index in [-0.39, 0.29) is 18.3 Å². The van der Waals surface area contributed by atoms with Gasteiger partial charge >= 0.3 is 6.09 Å². The van der Waals surface area contributed by atoms with Crippen molar-refractivity contribution in [2.45, 2.75) is 63.6 Å². The van der Waals surface area contributed by atoms with Crippen molar-refractivity contribution < 1.29 is 23.7 Å². The van der Waals surface area contributed by atoms with Crippen molar-refractivity contribution in [1.82, 2.24) is 4.90 Å². The highest BCUT2D eigenvalue weighted by atomic mass is 16.6. The summed E-state index contributed by atoms with van der Waals surface area (Å²) in [6, 6.07) is 5.94. The Kier molecular flexibility index (Phi) is 6.80. The first kappa shape index (κ1) is 20.3. The Bertz CT molecular complexity index is 682. The van der Waals surface area contributed by atoms with Crippen molar-refractivity contribution in [3.63, 3.8) is 0 Å². The van der Waals surface area contributed by atoms with Crippen molar-refractivity contribution in [1.29, 1.82) is 0 Å². The molecule has 2 aliphatic carbocycles. The van der Waals surface area contributed by atoms with Crippen LogP contribution >= 0.6 is 0 Å². The predicted octanol–water partition coefficient (Wildman–Crippen LogP) is 4.72. The standard InChI is InChI=1S/C23H33NO5/c1-26-20-11-10-18(14-21(20)29-19-8-4-5-9-19)22-15-24(12-13-27-22)23(25)28-16-17-6-2-3-7-17/h10-11,14,17,19,22H,2-9,12-13,15-16H2,1H3. The van der Waals surface area contributed by atoms with Crippen LogP contribution in [0, 0.1) is 5.92 Å². The van der Waals surface area contributed by atoms with E-state index in [1.165, 1.54) is 38.5 Å². The first-order valence-electron chi connectivity index (χ1n) is 11.1. The van der Waals surface area contributed by atoms with Crippen molar-refractivity contribution in [2.24, 2.45) is 5.92 Å². The Morgan fingerprint density at radius 2 is 1.86 bits per heavy atom. The SMILES string of the molecule is COc1ccc(C2CN(C(=O)OCC3CCCC3)CCO2)cc1OC1CCCC1. The fourth-order valence-electron chi connectivity index (χ4n) is 4.65. The molecule has 29 heavy (non-hydrogen) atoms. The summed E-state index contributed by atoms with van der Waals surface area (Å²) in [5.41, 5.74) is 1.01. The Morgan fingerprint density at radius 3 is 2.62 bits per heavy atom. The van der Waals surface area contributed by atoms with Gasteiger partial charge in [0.25, 0.3) is 0 Å². The van der Waals surface area contributed by atoms with Gasteiger partial charge in [0.15, 0.2) is 11.5 Å². The van der Waals surface area contributed by atoms with Gasteiger partial charge in [-0.25, -0.2) is 4.79 Å². The van der Waals surface area contributed by atoms with E-state index in [2.05, 4.69) is 0 Å². The molecule has 1 atom stereocenters. The topological polar surface area (TPSA) is 57.2 Å². The molecule has 0 radical (unpaired) electrons. The molecule has 4 rings (SSSR count). The maximum absolute atomic E-state index is 12.5. The first-order chi connectivity index (χ1) is 14.2. The van der Waals surface area contributed by atoms with Crippen LogP contribution in [0.15, 0.2) is 18.2 Å². The van der Waals surface area contributed by atoms with E-state index in [0.29, 0.717) is 32.2 Å². The monoisotopic (exact) mass is 403 g/mol. The summed E-state index contributed by atoms with van der Waals surface area (Å²) >= 11 is 0. The molecule has 3 fully saturated rings. The quantitative estimate of drug-likeness (QED) is 0.688. The van der Waals surface area contributed by atoms with Gasteiger partial charge in [-0.15, -0.1) is 0 Å². The molecule has 3 aliphatic rings. The number of carbonyl (C=O) groups excluding carboxylic acids is 1. The largest absolute Gasteiger partial charge is 0.493 e. The number of hydrogen-bond acceptors (Lipinski definition) is 5. The van der Waals surface area contributed by atoms with Gasteiger partial charge in [0.2, 0.25) is 0 Å². The second-order valence-electron chi connectivity index (χ2n) is 8.47. The van der Waals surface area contributed by atoms with E-state index < -0.39 is 0 Å². The molecule has 1 heterocycles. The third-order valence-corrected chi connectivity index (χ3v) is 6.40. The van der Waals surface area contributed by atoms with Crippen LogP contribution in [0.2, 0.25) is 0 Å². The molecule has 1 aromatic rings. The molecule has 6 nitrogen and oxygen atoms in total. The molecular formula is C23H33NO5. The molecular weight excluding hydrogens is 370 g/mol. The summed E-state index contributed by atoms with van der Waals surface area (Å²) in [6.45, 7) is 2.12. The zero-order chi connectivity index (χ0) is 20.1. The smallest absolute Gasteiger partial charge is 0.409 e. The van der Waals surface area contributed by atoms with Crippen molar-refractivity contribution in [2.75, 3.05) is 33.4 Å². The highest BCUT2D eigenvalue weighted by molar-refractivity contribution is 5.67. The zero-order valence-corrected chi connectivity index (χ0v) is 17.4. The van der Waals surface area contributed by atoms with Crippen molar-refractivity contribution in [3.05, 3.63) is 23.8 Å². The number of amides is 1. The normalized spacial score (nSPS) is 23.3. The van der Waals surface area contributed by atoms with Crippen LogP contribution in [0.4, 0.5) is 4.79 Å². The zero-order valence-electron chi connectivity index (χ0n) is 17.4. The number of hydrogen-bond donors (Lipinski definition) is 0. The van der Waals surface area contributed by atoms with E-state index in [1.54, 1.807) is 12.0 Å². The number of carbonyl (C=O) groups is 1. The number of nitrogens with zero attached hydrogens (tertiary/aromatic N) is 1. The summed E-state index contributed by atoms with van der Waals surface area (Å²) < 4.78 is 23.3. The van der Waals surface area contributed by atoms with Crippen LogP contribution in [-0.2, 0) is 9.47 Å². The average Bonchev–Trinajstić information content (AvgIpc) is 3.46. The summed E-state index contributed by atoms with van der Waals surface area (Å²) in [6.07, 6.45) is 9.33. The lowest BCUT2D eigenvalue weighted by Crippen LogP contribution is -2.42. The van der Waals surface area contributed by atoms with Gasteiger partial charge < -0.3 is 23.8 Å². The fourth-order valence-corrected chi connectivity index (χ4v) is 4.65. The summed E-state index contributed by atoms with van der Waals surface area (Å²) in [5, 5.41) is 0. The van der Waals surface area contributed by atoms with Gasteiger partial charge in [0.05, 0.1) is 33.0 Å². The number of methoxy groups -OCH3 is 1. The number of ether oxygens (including phenoxy) is 4. The van der Waals surface area contributed by atoms with Crippen LogP contribution < -0.4 is 9.47 Å². The van der Waals surface area contributed by atoms with Gasteiger partial charge in [-0.1, -0.05) is 18.9 Å². The molecule has 1 saturated heterocycles. The summed E-state index contributed by atoms with van der Waals surface area (Å²) in [5.74, 6) is 2.04. The molecule has 0 spiro atoms. The van der Waals surface area contributed by atoms with E-state index in [4.69, 9.17) is 18.9 Å². The third kappa shape index (κ3) is 5.16. The molecule has 1 aliphatic heterocycles. The molecule has 6 heteroatoms. The first-order valence-corrected chi connectivity index (χ1v) is 11.1. The summed E-state index contributed by atoms with van der Waals surface area (Å²) in [7, 11) is 1.66. The van der Waals surface area contributed by atoms with Crippen LogP contribution in [0.25, 0.3) is 0 Å². The predicted molar refractivity (Wildman–Crippen MR) is 109 cm³/mol. The molecule has 1 amide bonds. The Hall–Kier alpha value is -1.95. The number of benzene rings is 1. The minimum Gasteiger partial charge on any atom is -0.493 e. The summed E-state index contributed by atoms with van der Waals surface area (Å²) in [4.78, 5) is 14.3. The second-order valence-corrected chi connectivity index (χ2v) is 8.47. The van der Waals surface area contributed by atoms with Crippen LogP contribution in [-0.4, -0.2) is 50.5 Å². The van der Waals surface area contributed by atoms with Crippen molar-refractivity contribution >= 4 is 6.09 Å². The number of morpholine rings is 1. The van der Waals surface area contributed by atoms with Gasteiger partial charge in [0.1, 0.15) is 6.10 Å². The molecule has 0 aromatic heterocycles. The van der Waals surface area contributed by atoms with Crippen molar-refractivity contribution in [3.8, 4) is 11.5 Å². The minimum absolute atomic E-state index is 0.181. The highest BCUT2D eigenvalue weighted by Crippen LogP contribution is 2.35. The maximum Gasteiger partial charge on any atom is 0.409 e. The van der Waals surface area contributed by atoms with Gasteiger partial charge in [0, 0.05) is 6.54 Å². The van der Waals surface area contributed by atoms with Gasteiger partial charge in [-0.05, 0) is 62.1 Å². The average molecular weight is 404 g/mol. The third-order valence-electron chi connectivity index (χ3n) is 6.40. The van der Waals surface area contributed by atoms with E-state index in [0.717, 1.165) is 29.9 Å². The Balaban J connectivity index is 1.38. The molecule has 160 valence electrons. The van der Waals surface area contributed by atoms with E-state index in [9.17, 15) is 4.79 Å². The lowest BCUT2D eigenvalue weighted by molar-refractivity contribution is -0.0302. The molecule has 0 bridgehead atoms. The van der Waals surface area contributed by atoms with E-state index >= 15 is 0 Å². The lowest BCUT2D eigenvalue weighted by Gasteiger charge is -2.33.